The van der Waals surface area contributed by atoms with Gasteiger partial charge in [0, 0.05) is 24.3 Å². The van der Waals surface area contributed by atoms with Crippen LogP contribution in [0.4, 0.5) is 0 Å². The summed E-state index contributed by atoms with van der Waals surface area (Å²) in [6.07, 6.45) is 11.3. The van der Waals surface area contributed by atoms with Crippen molar-refractivity contribution in [1.82, 2.24) is 0 Å². The molecule has 0 bridgehead atoms. The maximum absolute atomic E-state index is 12.4. The van der Waals surface area contributed by atoms with E-state index in [1.54, 1.807) is 67.7 Å². The fourth-order valence-corrected chi connectivity index (χ4v) is 5.31. The maximum atomic E-state index is 12.4. The standard InChI is InChI=1S/C36H58O10/c1-24(2)36-25(3)16-17-27(37)18-28(38)19-29(39)20-30(40)21-31(41)22-32(42)23-34(44)26(4)33(43)14-12-10-8-6-5-7-9-11-13-15-35(45)46-36/h5-13,15-17,24-34,36-44H,14,18-23H2,1-4H3/b7-5-,8-6-,11-9-,12-10-,15-13-,17-16-/t25-,26-,27+,28+,29+,30+,31+,32+,33+,34-,36-/m0/s1. The number of ether oxygens (including phenoxy) is 1. The van der Waals surface area contributed by atoms with Gasteiger partial charge >= 0.3 is 5.97 Å². The number of aliphatic hydroxyl groups is 8. The molecule has 0 unspecified atom stereocenters. The highest BCUT2D eigenvalue weighted by atomic mass is 16.5. The molecule has 8 N–H and O–H groups in total. The molecule has 10 heteroatoms. The van der Waals surface area contributed by atoms with E-state index in [9.17, 15) is 45.6 Å². The van der Waals surface area contributed by atoms with Crippen LogP contribution in [-0.2, 0) is 9.53 Å². The topological polar surface area (TPSA) is 188 Å². The molecule has 0 radical (unpaired) electrons. The summed E-state index contributed by atoms with van der Waals surface area (Å²) in [4.78, 5) is 12.4. The van der Waals surface area contributed by atoms with Crippen LogP contribution < -0.4 is 0 Å². The van der Waals surface area contributed by atoms with Crippen LogP contribution in [0.2, 0.25) is 0 Å². The number of hydrogen-bond donors (Lipinski definition) is 8. The van der Waals surface area contributed by atoms with Gasteiger partial charge in [0.1, 0.15) is 6.10 Å². The van der Waals surface area contributed by atoms with Crippen molar-refractivity contribution in [2.45, 2.75) is 128 Å². The van der Waals surface area contributed by atoms with Crippen LogP contribution in [-0.4, -0.2) is 102 Å². The van der Waals surface area contributed by atoms with Crippen molar-refractivity contribution in [3.8, 4) is 0 Å². The Balaban J connectivity index is 2.98. The van der Waals surface area contributed by atoms with Crippen molar-refractivity contribution in [2.75, 3.05) is 0 Å². The first-order valence-corrected chi connectivity index (χ1v) is 16.4. The molecule has 0 fully saturated rings. The van der Waals surface area contributed by atoms with Crippen LogP contribution in [0.5, 0.6) is 0 Å². The van der Waals surface area contributed by atoms with Gasteiger partial charge in [-0.2, -0.15) is 0 Å². The van der Waals surface area contributed by atoms with Gasteiger partial charge in [0.2, 0.25) is 0 Å². The molecule has 10 nitrogen and oxygen atoms in total. The van der Waals surface area contributed by atoms with E-state index in [-0.39, 0.29) is 50.4 Å². The van der Waals surface area contributed by atoms with Gasteiger partial charge in [-0.1, -0.05) is 94.5 Å². The minimum atomic E-state index is -1.10. The molecule has 1 aliphatic heterocycles. The Morgan fingerprint density at radius 2 is 1.07 bits per heavy atom. The van der Waals surface area contributed by atoms with Crippen molar-refractivity contribution >= 4 is 5.97 Å². The highest BCUT2D eigenvalue weighted by molar-refractivity contribution is 5.82. The number of cyclic esters (lactones) is 1. The van der Waals surface area contributed by atoms with Gasteiger partial charge < -0.3 is 45.6 Å². The normalized spacial score (nSPS) is 40.4. The summed E-state index contributed by atoms with van der Waals surface area (Å²) < 4.78 is 5.65. The number of rotatable bonds is 1. The third kappa shape index (κ3) is 18.7. The first-order valence-electron chi connectivity index (χ1n) is 16.4. The molecule has 1 rings (SSSR count). The number of carbonyl (C=O) groups excluding carboxylic acids is 1. The minimum Gasteiger partial charge on any atom is -0.458 e. The smallest absolute Gasteiger partial charge is 0.331 e. The summed E-state index contributed by atoms with van der Waals surface area (Å²) in [5.74, 6) is -1.25. The predicted molar refractivity (Wildman–Crippen MR) is 178 cm³/mol. The Bertz CT molecular complexity index is 1020. The summed E-state index contributed by atoms with van der Waals surface area (Å²) in [6.45, 7) is 7.40. The van der Waals surface area contributed by atoms with Crippen LogP contribution in [0.1, 0.15) is 72.6 Å². The fourth-order valence-electron chi connectivity index (χ4n) is 5.31. The van der Waals surface area contributed by atoms with Crippen LogP contribution in [0, 0.1) is 17.8 Å². The van der Waals surface area contributed by atoms with Crippen LogP contribution >= 0.6 is 0 Å². The molecule has 0 aromatic rings. The molecule has 1 heterocycles. The van der Waals surface area contributed by atoms with Crippen molar-refractivity contribution in [1.29, 1.82) is 0 Å². The summed E-state index contributed by atoms with van der Waals surface area (Å²) in [6, 6.07) is 0. The lowest BCUT2D eigenvalue weighted by Gasteiger charge is -2.26. The zero-order valence-corrected chi connectivity index (χ0v) is 27.7. The molecule has 46 heavy (non-hydrogen) atoms. The van der Waals surface area contributed by atoms with Crippen molar-refractivity contribution < 1.29 is 50.4 Å². The minimum absolute atomic E-state index is 0.00324. The van der Waals surface area contributed by atoms with E-state index in [2.05, 4.69) is 0 Å². The molecule has 0 amide bonds. The van der Waals surface area contributed by atoms with Gasteiger partial charge in [0.05, 0.1) is 48.8 Å². The quantitative estimate of drug-likeness (QED) is 0.155. The highest BCUT2D eigenvalue weighted by Gasteiger charge is 2.27. The Morgan fingerprint density at radius 3 is 1.59 bits per heavy atom. The molecule has 0 aromatic carbocycles. The second kappa shape index (κ2) is 23.0. The fraction of sp³-hybridized carbons (Fsp3) is 0.639. The Hall–Kier alpha value is -2.41. The monoisotopic (exact) mass is 650 g/mol. The van der Waals surface area contributed by atoms with E-state index < -0.39 is 66.8 Å². The largest absolute Gasteiger partial charge is 0.458 e. The van der Waals surface area contributed by atoms with Gasteiger partial charge in [-0.15, -0.1) is 0 Å². The SMILES string of the molecule is CC(C)[C@@H]1OC(=O)\C=C/C=C\C=C/C=C\C=C/C[C@@H](O)[C@H](C)[C@@H](O)C[C@H](O)C[C@H](O)C[C@H](O)C[C@H](O)C[C@H](O)C[C@H](O)/C=C\[C@@H]1C. The summed E-state index contributed by atoms with van der Waals surface area (Å²) >= 11 is 0. The first-order chi connectivity index (χ1) is 21.7. The lowest BCUT2D eigenvalue weighted by Crippen LogP contribution is -2.34. The van der Waals surface area contributed by atoms with Gasteiger partial charge in [-0.05, 0) is 44.4 Å². The second-order valence-corrected chi connectivity index (χ2v) is 12.8. The Kier molecular flexibility index (Phi) is 20.8. The summed E-state index contributed by atoms with van der Waals surface area (Å²) in [7, 11) is 0. The molecule has 0 saturated heterocycles. The number of carbonyl (C=O) groups is 1. The molecular weight excluding hydrogens is 592 g/mol. The van der Waals surface area contributed by atoms with Gasteiger partial charge in [-0.25, -0.2) is 4.79 Å². The van der Waals surface area contributed by atoms with Crippen LogP contribution in [0.15, 0.2) is 72.9 Å². The molecule has 0 aliphatic carbocycles. The van der Waals surface area contributed by atoms with Gasteiger partial charge in [-0.3, -0.25) is 0 Å². The maximum Gasteiger partial charge on any atom is 0.331 e. The average Bonchev–Trinajstić information content (AvgIpc) is 2.95. The third-order valence-electron chi connectivity index (χ3n) is 8.01. The lowest BCUT2D eigenvalue weighted by molar-refractivity contribution is -0.147. The summed E-state index contributed by atoms with van der Waals surface area (Å²) in [5.41, 5.74) is 0. The van der Waals surface area contributed by atoms with E-state index in [0.717, 1.165) is 0 Å². The van der Waals surface area contributed by atoms with E-state index in [0.29, 0.717) is 6.42 Å². The zero-order valence-electron chi connectivity index (χ0n) is 27.7. The van der Waals surface area contributed by atoms with E-state index >= 15 is 0 Å². The number of aliphatic hydroxyl groups excluding tert-OH is 8. The number of esters is 1. The Morgan fingerprint density at radius 1 is 0.609 bits per heavy atom. The van der Waals surface area contributed by atoms with Crippen LogP contribution in [0.25, 0.3) is 0 Å². The van der Waals surface area contributed by atoms with Gasteiger partial charge in [0.15, 0.2) is 0 Å². The average molecular weight is 651 g/mol. The highest BCUT2D eigenvalue weighted by Crippen LogP contribution is 2.22. The molecule has 0 saturated carbocycles. The second-order valence-electron chi connectivity index (χ2n) is 12.8. The molecule has 262 valence electrons. The molecular formula is C36H58O10. The molecule has 11 atom stereocenters. The predicted octanol–water partition coefficient (Wildman–Crippen LogP) is 2.80. The number of allylic oxidation sites excluding steroid dienone is 8. The Labute approximate surface area is 274 Å². The third-order valence-corrected chi connectivity index (χ3v) is 8.01. The van der Waals surface area contributed by atoms with Crippen molar-refractivity contribution in [2.24, 2.45) is 17.8 Å². The van der Waals surface area contributed by atoms with Crippen molar-refractivity contribution in [3.05, 3.63) is 72.9 Å². The molecule has 0 aromatic heterocycles. The van der Waals surface area contributed by atoms with E-state index in [1.165, 1.54) is 12.2 Å². The number of hydrogen-bond acceptors (Lipinski definition) is 10. The van der Waals surface area contributed by atoms with Crippen LogP contribution in [0.3, 0.4) is 0 Å². The zero-order chi connectivity index (χ0) is 34.6. The van der Waals surface area contributed by atoms with E-state index in [1.807, 2.05) is 20.8 Å². The lowest BCUT2D eigenvalue weighted by atomic mass is 9.90. The van der Waals surface area contributed by atoms with E-state index in [4.69, 9.17) is 4.74 Å². The summed E-state index contributed by atoms with van der Waals surface area (Å²) in [5, 5.41) is 83.2. The molecule has 1 aliphatic rings. The first kappa shape index (κ1) is 41.6. The van der Waals surface area contributed by atoms with Gasteiger partial charge in [0.25, 0.3) is 0 Å². The molecule has 0 spiro atoms. The van der Waals surface area contributed by atoms with Crippen molar-refractivity contribution in [3.63, 3.8) is 0 Å².